The highest BCUT2D eigenvalue weighted by molar-refractivity contribution is 7.13. The van der Waals surface area contributed by atoms with E-state index in [1.807, 2.05) is 19.2 Å². The summed E-state index contributed by atoms with van der Waals surface area (Å²) in [6.45, 7) is 4.21. The molecule has 0 aliphatic rings. The van der Waals surface area contributed by atoms with Gasteiger partial charge in [-0.05, 0) is 61.9 Å². The van der Waals surface area contributed by atoms with Crippen molar-refractivity contribution < 1.29 is 14.3 Å². The van der Waals surface area contributed by atoms with Gasteiger partial charge in [0.1, 0.15) is 0 Å². The number of aromatic nitrogens is 1. The molecule has 0 atom stereocenters. The Hall–Kier alpha value is -2.90. The van der Waals surface area contributed by atoms with Gasteiger partial charge in [0.05, 0.1) is 24.1 Å². The molecule has 0 aliphatic heterocycles. The number of carbonyl (C=O) groups excluding carboxylic acids is 1. The molecule has 0 bridgehead atoms. The lowest BCUT2D eigenvalue weighted by atomic mass is 10.2. The first-order valence-corrected chi connectivity index (χ1v) is 9.76. The molecule has 0 saturated carbocycles. The van der Waals surface area contributed by atoms with Gasteiger partial charge in [-0.25, -0.2) is 9.78 Å². The Labute approximate surface area is 171 Å². The van der Waals surface area contributed by atoms with Gasteiger partial charge in [0, 0.05) is 10.4 Å². The van der Waals surface area contributed by atoms with Crippen LogP contribution in [0.3, 0.4) is 0 Å². The molecule has 1 heterocycles. The molecule has 0 radical (unpaired) electrons. The number of hydrogen-bond acceptors (Lipinski definition) is 7. The van der Waals surface area contributed by atoms with Crippen molar-refractivity contribution in [3.8, 4) is 11.5 Å². The highest BCUT2D eigenvalue weighted by atomic mass is 35.5. The number of hydrazone groups is 1. The minimum absolute atomic E-state index is 0.336. The Morgan fingerprint density at radius 1 is 1.25 bits per heavy atom. The number of carbonyl (C=O) groups is 1. The van der Waals surface area contributed by atoms with Crippen LogP contribution in [0.1, 0.15) is 28.5 Å². The summed E-state index contributed by atoms with van der Waals surface area (Å²) in [5.41, 5.74) is 5.01. The first-order valence-electron chi connectivity index (χ1n) is 8.51. The van der Waals surface area contributed by atoms with Crippen LogP contribution >= 0.6 is 22.9 Å². The van der Waals surface area contributed by atoms with Gasteiger partial charge in [-0.15, -0.1) is 11.3 Å². The summed E-state index contributed by atoms with van der Waals surface area (Å²) in [4.78, 5) is 16.6. The van der Waals surface area contributed by atoms with Crippen LogP contribution in [0.4, 0.5) is 5.13 Å². The van der Waals surface area contributed by atoms with Crippen molar-refractivity contribution in [3.63, 3.8) is 0 Å². The smallest absolute Gasteiger partial charge is 0.343 e. The molecule has 0 unspecified atom stereocenters. The van der Waals surface area contributed by atoms with E-state index < -0.39 is 5.97 Å². The largest absolute Gasteiger partial charge is 0.490 e. The van der Waals surface area contributed by atoms with Crippen LogP contribution in [-0.4, -0.2) is 23.8 Å². The summed E-state index contributed by atoms with van der Waals surface area (Å²) in [6.07, 6.45) is 1.64. The minimum Gasteiger partial charge on any atom is -0.490 e. The van der Waals surface area contributed by atoms with Crippen molar-refractivity contribution in [1.29, 1.82) is 0 Å². The van der Waals surface area contributed by atoms with E-state index in [1.54, 1.807) is 48.7 Å². The van der Waals surface area contributed by atoms with Crippen molar-refractivity contribution in [3.05, 3.63) is 69.7 Å². The van der Waals surface area contributed by atoms with E-state index >= 15 is 0 Å². The van der Waals surface area contributed by atoms with Crippen LogP contribution in [0, 0.1) is 6.92 Å². The van der Waals surface area contributed by atoms with Gasteiger partial charge in [0.2, 0.25) is 5.13 Å². The van der Waals surface area contributed by atoms with E-state index in [9.17, 15) is 4.79 Å². The van der Waals surface area contributed by atoms with Crippen molar-refractivity contribution in [2.45, 2.75) is 13.8 Å². The first-order chi connectivity index (χ1) is 13.5. The van der Waals surface area contributed by atoms with E-state index in [0.29, 0.717) is 33.8 Å². The zero-order valence-electron chi connectivity index (χ0n) is 15.3. The Bertz CT molecular complexity index is 987. The average molecular weight is 416 g/mol. The third-order valence-electron chi connectivity index (χ3n) is 3.54. The van der Waals surface area contributed by atoms with E-state index in [-0.39, 0.29) is 0 Å². The SMILES string of the molecule is CCOc1cc(C=NNc2nc(C)cs2)ccc1OC(=O)c1ccc(Cl)cc1. The van der Waals surface area contributed by atoms with Gasteiger partial charge in [-0.3, -0.25) is 5.43 Å². The second-order valence-electron chi connectivity index (χ2n) is 5.70. The summed E-state index contributed by atoms with van der Waals surface area (Å²) in [6, 6.07) is 11.7. The van der Waals surface area contributed by atoms with Gasteiger partial charge in [-0.1, -0.05) is 11.6 Å². The number of benzene rings is 2. The van der Waals surface area contributed by atoms with E-state index in [4.69, 9.17) is 21.1 Å². The van der Waals surface area contributed by atoms with E-state index in [1.165, 1.54) is 11.3 Å². The molecule has 28 heavy (non-hydrogen) atoms. The second-order valence-corrected chi connectivity index (χ2v) is 6.99. The predicted octanol–water partition coefficient (Wildman–Crippen LogP) is 5.17. The number of nitrogens with one attached hydrogen (secondary N) is 1. The average Bonchev–Trinajstić information content (AvgIpc) is 3.09. The molecular weight excluding hydrogens is 398 g/mol. The molecule has 144 valence electrons. The molecule has 1 aromatic heterocycles. The maximum Gasteiger partial charge on any atom is 0.343 e. The summed E-state index contributed by atoms with van der Waals surface area (Å²) in [5.74, 6) is 0.307. The number of nitrogens with zero attached hydrogens (tertiary/aromatic N) is 2. The first kappa shape index (κ1) is 19.9. The molecule has 0 fully saturated rings. The summed E-state index contributed by atoms with van der Waals surface area (Å²) >= 11 is 7.33. The van der Waals surface area contributed by atoms with Gasteiger partial charge in [-0.2, -0.15) is 5.10 Å². The normalized spacial score (nSPS) is 10.8. The molecule has 0 aliphatic carbocycles. The number of esters is 1. The van der Waals surface area contributed by atoms with Crippen molar-refractivity contribution >= 4 is 40.3 Å². The number of aryl methyl sites for hydroxylation is 1. The Morgan fingerprint density at radius 3 is 2.71 bits per heavy atom. The fourth-order valence-corrected chi connectivity index (χ4v) is 3.03. The number of anilines is 1. The van der Waals surface area contributed by atoms with Crippen LogP contribution in [0.15, 0.2) is 52.9 Å². The second kappa shape index (κ2) is 9.34. The van der Waals surface area contributed by atoms with Crippen LogP contribution in [0.5, 0.6) is 11.5 Å². The van der Waals surface area contributed by atoms with Crippen LogP contribution in [0.25, 0.3) is 0 Å². The highest BCUT2D eigenvalue weighted by Gasteiger charge is 2.13. The van der Waals surface area contributed by atoms with Gasteiger partial charge >= 0.3 is 5.97 Å². The molecule has 6 nitrogen and oxygen atoms in total. The van der Waals surface area contributed by atoms with Crippen molar-refractivity contribution in [2.24, 2.45) is 5.10 Å². The quantitative estimate of drug-likeness (QED) is 0.249. The summed E-state index contributed by atoms with van der Waals surface area (Å²) < 4.78 is 11.1. The summed E-state index contributed by atoms with van der Waals surface area (Å²) in [5, 5.41) is 7.38. The number of hydrogen-bond donors (Lipinski definition) is 1. The molecule has 3 rings (SSSR count). The van der Waals surface area contributed by atoms with Crippen molar-refractivity contribution in [2.75, 3.05) is 12.0 Å². The molecular formula is C20H18ClN3O3S. The summed E-state index contributed by atoms with van der Waals surface area (Å²) in [7, 11) is 0. The Kier molecular flexibility index (Phi) is 6.62. The molecule has 0 amide bonds. The number of thiazole rings is 1. The Balaban J connectivity index is 1.72. The van der Waals surface area contributed by atoms with Crippen LogP contribution in [0.2, 0.25) is 5.02 Å². The van der Waals surface area contributed by atoms with Crippen LogP contribution in [-0.2, 0) is 0 Å². The third-order valence-corrected chi connectivity index (χ3v) is 4.66. The molecule has 3 aromatic rings. The zero-order chi connectivity index (χ0) is 19.9. The van der Waals surface area contributed by atoms with Crippen molar-refractivity contribution in [1.82, 2.24) is 4.98 Å². The number of halogens is 1. The molecule has 2 aromatic carbocycles. The topological polar surface area (TPSA) is 72.8 Å². The maximum absolute atomic E-state index is 12.3. The third kappa shape index (κ3) is 5.31. The minimum atomic E-state index is -0.486. The molecule has 1 N–H and O–H groups in total. The lowest BCUT2D eigenvalue weighted by molar-refractivity contribution is 0.0728. The van der Waals surface area contributed by atoms with Gasteiger partial charge < -0.3 is 9.47 Å². The number of ether oxygens (including phenoxy) is 2. The standard InChI is InChI=1S/C20H18ClN3O3S/c1-3-26-18-10-14(11-22-24-20-23-13(2)12-28-20)4-9-17(18)27-19(25)15-5-7-16(21)8-6-15/h4-12H,3H2,1-2H3,(H,23,24). The molecule has 8 heteroatoms. The lowest BCUT2D eigenvalue weighted by Crippen LogP contribution is -2.09. The molecule has 0 saturated heterocycles. The zero-order valence-corrected chi connectivity index (χ0v) is 16.9. The fourth-order valence-electron chi connectivity index (χ4n) is 2.27. The van der Waals surface area contributed by atoms with Gasteiger partial charge in [0.25, 0.3) is 0 Å². The predicted molar refractivity (Wildman–Crippen MR) is 112 cm³/mol. The van der Waals surface area contributed by atoms with Crippen LogP contribution < -0.4 is 14.9 Å². The molecule has 0 spiro atoms. The fraction of sp³-hybridized carbons (Fsp3) is 0.150. The lowest BCUT2D eigenvalue weighted by Gasteiger charge is -2.11. The van der Waals surface area contributed by atoms with E-state index in [2.05, 4.69) is 15.5 Å². The monoisotopic (exact) mass is 415 g/mol. The number of rotatable bonds is 7. The maximum atomic E-state index is 12.3. The highest BCUT2D eigenvalue weighted by Crippen LogP contribution is 2.29. The Morgan fingerprint density at radius 2 is 2.04 bits per heavy atom. The van der Waals surface area contributed by atoms with Gasteiger partial charge in [0.15, 0.2) is 11.5 Å². The van der Waals surface area contributed by atoms with E-state index in [0.717, 1.165) is 11.3 Å².